The fourth-order valence-corrected chi connectivity index (χ4v) is 4.51. The molecule has 1 N–H and O–H groups in total. The highest BCUT2D eigenvalue weighted by atomic mass is 19.4. The average molecular weight is 554 g/mol. The summed E-state index contributed by atoms with van der Waals surface area (Å²) in [6.07, 6.45) is -4.75. The normalized spacial score (nSPS) is 11.6. The molecule has 0 fully saturated rings. The zero-order valence-corrected chi connectivity index (χ0v) is 22.6. The van der Waals surface area contributed by atoms with Crippen LogP contribution in [0.2, 0.25) is 0 Å². The van der Waals surface area contributed by atoms with Crippen LogP contribution >= 0.6 is 0 Å². The first-order valence-electron chi connectivity index (χ1n) is 13.0. The first-order valence-corrected chi connectivity index (χ1v) is 13.0. The number of carbonyl (C=O) groups is 2. The SMILES string of the molecule is CCOC(=O)Cc1[nH]c2ccc(Oc3cccc(C(F)(F)F)c3)c(-c3ccc(C(C)C)cc3)c2c1C(=O)OCC. The van der Waals surface area contributed by atoms with E-state index in [-0.39, 0.29) is 42.6 Å². The molecule has 1 aromatic heterocycles. The number of esters is 2. The molecule has 210 valence electrons. The van der Waals surface area contributed by atoms with E-state index in [2.05, 4.69) is 18.8 Å². The third-order valence-corrected chi connectivity index (χ3v) is 6.37. The number of aromatic nitrogens is 1. The number of carbonyl (C=O) groups excluding carboxylic acids is 2. The Bertz CT molecular complexity index is 1520. The van der Waals surface area contributed by atoms with Crippen LogP contribution in [-0.2, 0) is 26.9 Å². The number of H-pyrrole nitrogens is 1. The predicted octanol–water partition coefficient (Wildman–Crippen LogP) is 8.05. The minimum atomic E-state index is -4.54. The number of halogens is 3. The van der Waals surface area contributed by atoms with Gasteiger partial charge in [0.25, 0.3) is 0 Å². The van der Waals surface area contributed by atoms with Crippen molar-refractivity contribution in [2.45, 2.75) is 46.2 Å². The van der Waals surface area contributed by atoms with Crippen molar-refractivity contribution in [2.24, 2.45) is 0 Å². The summed E-state index contributed by atoms with van der Waals surface area (Å²) in [6.45, 7) is 7.76. The molecular formula is C31H30F3NO5. The number of rotatable bonds is 9. The van der Waals surface area contributed by atoms with E-state index in [0.29, 0.717) is 27.7 Å². The van der Waals surface area contributed by atoms with Crippen LogP contribution < -0.4 is 4.74 Å². The van der Waals surface area contributed by atoms with Crippen molar-refractivity contribution in [3.63, 3.8) is 0 Å². The summed E-state index contributed by atoms with van der Waals surface area (Å²) in [5.41, 5.74) is 2.36. The number of hydrogen-bond donors (Lipinski definition) is 1. The zero-order chi connectivity index (χ0) is 29.0. The molecule has 0 atom stereocenters. The van der Waals surface area contributed by atoms with Gasteiger partial charge in [-0.1, -0.05) is 44.2 Å². The van der Waals surface area contributed by atoms with E-state index in [4.69, 9.17) is 14.2 Å². The van der Waals surface area contributed by atoms with Gasteiger partial charge in [-0.05, 0) is 61.2 Å². The largest absolute Gasteiger partial charge is 0.466 e. The van der Waals surface area contributed by atoms with Gasteiger partial charge in [0.2, 0.25) is 0 Å². The van der Waals surface area contributed by atoms with Crippen LogP contribution in [-0.4, -0.2) is 30.1 Å². The summed E-state index contributed by atoms with van der Waals surface area (Å²) >= 11 is 0. The Morgan fingerprint density at radius 3 is 2.25 bits per heavy atom. The van der Waals surface area contributed by atoms with Crippen LogP contribution in [0.3, 0.4) is 0 Å². The Hall–Kier alpha value is -4.27. The monoisotopic (exact) mass is 553 g/mol. The summed E-state index contributed by atoms with van der Waals surface area (Å²) in [5, 5.41) is 0.430. The van der Waals surface area contributed by atoms with Gasteiger partial charge < -0.3 is 19.2 Å². The predicted molar refractivity (Wildman–Crippen MR) is 146 cm³/mol. The number of fused-ring (bicyclic) bond motifs is 1. The second-order valence-electron chi connectivity index (χ2n) is 9.45. The molecular weight excluding hydrogens is 523 g/mol. The van der Waals surface area contributed by atoms with Crippen LogP contribution in [0.15, 0.2) is 60.7 Å². The van der Waals surface area contributed by atoms with E-state index < -0.39 is 23.7 Å². The van der Waals surface area contributed by atoms with E-state index in [0.717, 1.165) is 17.7 Å². The Morgan fingerprint density at radius 1 is 0.925 bits per heavy atom. The number of ether oxygens (including phenoxy) is 3. The summed E-state index contributed by atoms with van der Waals surface area (Å²) < 4.78 is 56.7. The third-order valence-electron chi connectivity index (χ3n) is 6.37. The number of benzene rings is 3. The minimum Gasteiger partial charge on any atom is -0.466 e. The summed E-state index contributed by atoms with van der Waals surface area (Å²) in [5.74, 6) is -0.693. The van der Waals surface area contributed by atoms with Gasteiger partial charge in [-0.25, -0.2) is 4.79 Å². The molecule has 0 aliphatic rings. The fraction of sp³-hybridized carbons (Fsp3) is 0.290. The summed E-state index contributed by atoms with van der Waals surface area (Å²) in [6, 6.07) is 15.5. The van der Waals surface area contributed by atoms with Crippen LogP contribution in [0, 0.1) is 0 Å². The molecule has 0 aliphatic carbocycles. The van der Waals surface area contributed by atoms with Crippen LogP contribution in [0.25, 0.3) is 22.0 Å². The van der Waals surface area contributed by atoms with E-state index in [9.17, 15) is 22.8 Å². The van der Waals surface area contributed by atoms with Gasteiger partial charge in [0.05, 0.1) is 30.8 Å². The first-order chi connectivity index (χ1) is 19.0. The highest BCUT2D eigenvalue weighted by molar-refractivity contribution is 6.13. The van der Waals surface area contributed by atoms with Crippen molar-refractivity contribution in [3.8, 4) is 22.6 Å². The lowest BCUT2D eigenvalue weighted by Gasteiger charge is -2.16. The van der Waals surface area contributed by atoms with E-state index in [1.54, 1.807) is 26.0 Å². The van der Waals surface area contributed by atoms with Gasteiger partial charge in [0, 0.05) is 22.2 Å². The molecule has 3 aromatic carbocycles. The molecule has 0 bridgehead atoms. The van der Waals surface area contributed by atoms with Gasteiger partial charge in [-0.15, -0.1) is 0 Å². The second-order valence-corrected chi connectivity index (χ2v) is 9.45. The first kappa shape index (κ1) is 28.7. The fourth-order valence-electron chi connectivity index (χ4n) is 4.51. The molecule has 40 heavy (non-hydrogen) atoms. The Balaban J connectivity index is 1.97. The number of alkyl halides is 3. The maximum atomic E-state index is 13.4. The molecule has 1 heterocycles. The van der Waals surface area contributed by atoms with Gasteiger partial charge >= 0.3 is 18.1 Å². The third kappa shape index (κ3) is 6.14. The topological polar surface area (TPSA) is 77.6 Å². The maximum absolute atomic E-state index is 13.4. The van der Waals surface area contributed by atoms with Crippen molar-refractivity contribution in [1.82, 2.24) is 4.98 Å². The summed E-state index contributed by atoms with van der Waals surface area (Å²) in [7, 11) is 0. The maximum Gasteiger partial charge on any atom is 0.416 e. The molecule has 0 saturated heterocycles. The molecule has 0 amide bonds. The van der Waals surface area contributed by atoms with Gasteiger partial charge in [0.15, 0.2) is 0 Å². The number of hydrogen-bond acceptors (Lipinski definition) is 5. The van der Waals surface area contributed by atoms with Crippen molar-refractivity contribution in [3.05, 3.63) is 83.0 Å². The van der Waals surface area contributed by atoms with Crippen molar-refractivity contribution < 1.29 is 37.0 Å². The molecule has 9 heteroatoms. The molecule has 0 unspecified atom stereocenters. The molecule has 0 radical (unpaired) electrons. The number of aromatic amines is 1. The van der Waals surface area contributed by atoms with Crippen LogP contribution in [0.1, 0.15) is 60.8 Å². The highest BCUT2D eigenvalue weighted by Gasteiger charge is 2.31. The highest BCUT2D eigenvalue weighted by Crippen LogP contribution is 2.43. The molecule has 0 spiro atoms. The molecule has 4 aromatic rings. The van der Waals surface area contributed by atoms with Gasteiger partial charge in [-0.2, -0.15) is 13.2 Å². The number of nitrogens with one attached hydrogen (secondary N) is 1. The Kier molecular flexibility index (Phi) is 8.52. The lowest BCUT2D eigenvalue weighted by molar-refractivity contribution is -0.142. The average Bonchev–Trinajstić information content (AvgIpc) is 3.26. The molecule has 0 saturated carbocycles. The second kappa shape index (κ2) is 11.9. The standard InChI is InChI=1S/C31H30F3NO5/c1-5-38-26(36)17-24-29(30(37)39-6-2)28-23(35-24)14-15-25(27(28)20-12-10-19(11-13-20)18(3)4)40-22-9-7-8-21(16-22)31(32,33)34/h7-16,18,35H,5-6,17H2,1-4H3. The van der Waals surface area contributed by atoms with Gasteiger partial charge in [0.1, 0.15) is 11.5 Å². The van der Waals surface area contributed by atoms with Crippen LogP contribution in [0.4, 0.5) is 13.2 Å². The van der Waals surface area contributed by atoms with E-state index in [1.807, 2.05) is 24.3 Å². The molecule has 4 rings (SSSR count). The lowest BCUT2D eigenvalue weighted by atomic mass is 9.94. The Morgan fingerprint density at radius 2 is 1.62 bits per heavy atom. The molecule has 0 aliphatic heterocycles. The van der Waals surface area contributed by atoms with Crippen molar-refractivity contribution in [2.75, 3.05) is 13.2 Å². The van der Waals surface area contributed by atoms with E-state index >= 15 is 0 Å². The minimum absolute atomic E-state index is 0.0193. The van der Waals surface area contributed by atoms with Gasteiger partial charge in [-0.3, -0.25) is 4.79 Å². The quantitative estimate of drug-likeness (QED) is 0.212. The van der Waals surface area contributed by atoms with E-state index in [1.165, 1.54) is 12.1 Å². The van der Waals surface area contributed by atoms with Crippen molar-refractivity contribution >= 4 is 22.8 Å². The van der Waals surface area contributed by atoms with Crippen LogP contribution in [0.5, 0.6) is 11.5 Å². The zero-order valence-electron chi connectivity index (χ0n) is 22.6. The molecule has 6 nitrogen and oxygen atoms in total. The lowest BCUT2D eigenvalue weighted by Crippen LogP contribution is -2.13. The Labute approximate surface area is 230 Å². The smallest absolute Gasteiger partial charge is 0.416 e. The summed E-state index contributed by atoms with van der Waals surface area (Å²) in [4.78, 5) is 28.8. The van der Waals surface area contributed by atoms with Crippen molar-refractivity contribution in [1.29, 1.82) is 0 Å².